The minimum absolute atomic E-state index is 0.0551. The minimum atomic E-state index is -4.17. The largest absolute Gasteiger partial charge is 0.452 e. The van der Waals surface area contributed by atoms with Gasteiger partial charge in [-0.3, -0.25) is 9.10 Å². The molecule has 7 nitrogen and oxygen atoms in total. The topological polar surface area (TPSA) is 107 Å². The fourth-order valence-electron chi connectivity index (χ4n) is 2.83. The number of primary amides is 1. The number of rotatable bonds is 8. The standard InChI is InChI=1S/C22H19ClN2O5S/c23-19-12-11-17(22(27)30-15-21(24)26)13-20(19)31(28,29)25(18-9-5-2-6-10-18)14-16-7-3-1-4-8-16/h1-13H,14-15H2,(H2,24,26). The van der Waals surface area contributed by atoms with E-state index >= 15 is 0 Å². The molecule has 3 aromatic carbocycles. The summed E-state index contributed by atoms with van der Waals surface area (Å²) < 4.78 is 33.2. The van der Waals surface area contributed by atoms with Crippen molar-refractivity contribution in [3.63, 3.8) is 0 Å². The van der Waals surface area contributed by atoms with Gasteiger partial charge in [0.25, 0.3) is 15.9 Å². The highest BCUT2D eigenvalue weighted by Crippen LogP contribution is 2.31. The Morgan fingerprint density at radius 2 is 1.55 bits per heavy atom. The molecule has 31 heavy (non-hydrogen) atoms. The van der Waals surface area contributed by atoms with E-state index in [2.05, 4.69) is 0 Å². The number of esters is 1. The predicted octanol–water partition coefficient (Wildman–Crippen LogP) is 3.38. The molecule has 0 saturated heterocycles. The SMILES string of the molecule is NC(=O)COC(=O)c1ccc(Cl)c(S(=O)(=O)N(Cc2ccccc2)c2ccccc2)c1. The summed E-state index contributed by atoms with van der Waals surface area (Å²) >= 11 is 6.22. The third-order valence-electron chi connectivity index (χ3n) is 4.29. The summed E-state index contributed by atoms with van der Waals surface area (Å²) in [5.74, 6) is -1.71. The predicted molar refractivity (Wildman–Crippen MR) is 117 cm³/mol. The van der Waals surface area contributed by atoms with Crippen LogP contribution in [0.2, 0.25) is 5.02 Å². The zero-order valence-electron chi connectivity index (χ0n) is 16.3. The van der Waals surface area contributed by atoms with Crippen molar-refractivity contribution in [3.05, 3.63) is 95.0 Å². The molecule has 3 rings (SSSR count). The number of nitrogens with zero attached hydrogens (tertiary/aromatic N) is 1. The molecule has 0 aromatic heterocycles. The summed E-state index contributed by atoms with van der Waals surface area (Å²) in [7, 11) is -4.17. The molecule has 3 aromatic rings. The van der Waals surface area contributed by atoms with Crippen LogP contribution in [0.15, 0.2) is 83.8 Å². The van der Waals surface area contributed by atoms with E-state index in [0.29, 0.717) is 5.69 Å². The van der Waals surface area contributed by atoms with Gasteiger partial charge in [-0.25, -0.2) is 13.2 Å². The van der Waals surface area contributed by atoms with E-state index in [1.807, 2.05) is 30.3 Å². The van der Waals surface area contributed by atoms with Crippen LogP contribution in [0.4, 0.5) is 5.69 Å². The first-order chi connectivity index (χ1) is 14.8. The van der Waals surface area contributed by atoms with Crippen molar-refractivity contribution in [1.29, 1.82) is 0 Å². The second kappa shape index (κ2) is 9.63. The number of carbonyl (C=O) groups excluding carboxylic acids is 2. The Bertz CT molecular complexity index is 1190. The Morgan fingerprint density at radius 1 is 0.935 bits per heavy atom. The molecular weight excluding hydrogens is 440 g/mol. The molecule has 160 valence electrons. The van der Waals surface area contributed by atoms with Gasteiger partial charge in [0.1, 0.15) is 4.90 Å². The Balaban J connectivity index is 2.04. The molecule has 0 heterocycles. The van der Waals surface area contributed by atoms with Crippen molar-refractivity contribution in [2.45, 2.75) is 11.4 Å². The lowest BCUT2D eigenvalue weighted by atomic mass is 10.2. The normalized spacial score (nSPS) is 11.0. The molecule has 0 unspecified atom stereocenters. The van der Waals surface area contributed by atoms with Gasteiger partial charge >= 0.3 is 5.97 Å². The van der Waals surface area contributed by atoms with Gasteiger partial charge in [-0.1, -0.05) is 60.1 Å². The van der Waals surface area contributed by atoms with Gasteiger partial charge in [0.05, 0.1) is 22.8 Å². The second-order valence-electron chi connectivity index (χ2n) is 6.52. The maximum Gasteiger partial charge on any atom is 0.338 e. The number of para-hydroxylation sites is 1. The monoisotopic (exact) mass is 458 g/mol. The van der Waals surface area contributed by atoms with Crippen LogP contribution < -0.4 is 10.0 Å². The van der Waals surface area contributed by atoms with E-state index in [0.717, 1.165) is 11.6 Å². The van der Waals surface area contributed by atoms with E-state index in [1.165, 1.54) is 16.4 Å². The number of sulfonamides is 1. The minimum Gasteiger partial charge on any atom is -0.452 e. The van der Waals surface area contributed by atoms with Crippen molar-refractivity contribution in [2.75, 3.05) is 10.9 Å². The molecule has 0 aliphatic carbocycles. The highest BCUT2D eigenvalue weighted by Gasteiger charge is 2.28. The molecule has 0 spiro atoms. The Morgan fingerprint density at radius 3 is 2.16 bits per heavy atom. The summed E-state index contributed by atoms with van der Waals surface area (Å²) in [5, 5.41) is -0.0551. The number of benzene rings is 3. The smallest absolute Gasteiger partial charge is 0.338 e. The second-order valence-corrected chi connectivity index (χ2v) is 8.76. The van der Waals surface area contributed by atoms with E-state index in [1.54, 1.807) is 30.3 Å². The van der Waals surface area contributed by atoms with Gasteiger partial charge in [0.2, 0.25) is 0 Å². The molecule has 0 bridgehead atoms. The lowest BCUT2D eigenvalue weighted by Crippen LogP contribution is -2.31. The number of hydrogen-bond donors (Lipinski definition) is 1. The average molecular weight is 459 g/mol. The highest BCUT2D eigenvalue weighted by molar-refractivity contribution is 7.93. The van der Waals surface area contributed by atoms with Crippen LogP contribution in [-0.2, 0) is 26.1 Å². The van der Waals surface area contributed by atoms with Gasteiger partial charge in [0, 0.05) is 0 Å². The number of amides is 1. The van der Waals surface area contributed by atoms with Crippen molar-refractivity contribution >= 4 is 39.2 Å². The number of halogens is 1. The van der Waals surface area contributed by atoms with Gasteiger partial charge < -0.3 is 10.5 Å². The summed E-state index contributed by atoms with van der Waals surface area (Å²) in [6.07, 6.45) is 0. The Kier molecular flexibility index (Phi) is 6.94. The van der Waals surface area contributed by atoms with E-state index in [-0.39, 0.29) is 22.0 Å². The van der Waals surface area contributed by atoms with Gasteiger partial charge in [-0.05, 0) is 35.9 Å². The van der Waals surface area contributed by atoms with Gasteiger partial charge in [0.15, 0.2) is 6.61 Å². The van der Waals surface area contributed by atoms with Crippen LogP contribution >= 0.6 is 11.6 Å². The first kappa shape index (κ1) is 22.3. The lowest BCUT2D eigenvalue weighted by molar-refractivity contribution is -0.121. The van der Waals surface area contributed by atoms with Crippen LogP contribution in [0, 0.1) is 0 Å². The van der Waals surface area contributed by atoms with Crippen molar-refractivity contribution in [1.82, 2.24) is 0 Å². The zero-order chi connectivity index (χ0) is 22.4. The van der Waals surface area contributed by atoms with E-state index < -0.39 is 28.5 Å². The molecule has 0 radical (unpaired) electrons. The summed E-state index contributed by atoms with van der Waals surface area (Å²) in [6, 6.07) is 21.4. The molecule has 1 amide bonds. The van der Waals surface area contributed by atoms with Crippen molar-refractivity contribution in [3.8, 4) is 0 Å². The molecule has 0 fully saturated rings. The third kappa shape index (κ3) is 5.42. The molecule has 0 aliphatic heterocycles. The zero-order valence-corrected chi connectivity index (χ0v) is 17.8. The molecule has 0 saturated carbocycles. The highest BCUT2D eigenvalue weighted by atomic mass is 35.5. The summed E-state index contributed by atoms with van der Waals surface area (Å²) in [6.45, 7) is -0.562. The number of nitrogens with two attached hydrogens (primary N) is 1. The summed E-state index contributed by atoms with van der Waals surface area (Å²) in [5.41, 5.74) is 6.11. The van der Waals surface area contributed by atoms with Gasteiger partial charge in [-0.15, -0.1) is 0 Å². The fourth-order valence-corrected chi connectivity index (χ4v) is 4.78. The fraction of sp³-hybridized carbons (Fsp3) is 0.0909. The molecule has 9 heteroatoms. The average Bonchev–Trinajstić information content (AvgIpc) is 2.77. The van der Waals surface area contributed by atoms with Crippen LogP contribution in [0.25, 0.3) is 0 Å². The molecular formula is C22H19ClN2O5S. The first-order valence-corrected chi connectivity index (χ1v) is 11.0. The van der Waals surface area contributed by atoms with E-state index in [4.69, 9.17) is 22.1 Å². The van der Waals surface area contributed by atoms with Crippen LogP contribution in [-0.4, -0.2) is 26.9 Å². The van der Waals surface area contributed by atoms with Crippen molar-refractivity contribution < 1.29 is 22.7 Å². The third-order valence-corrected chi connectivity index (χ3v) is 6.55. The number of anilines is 1. The Hall–Kier alpha value is -3.36. The number of hydrogen-bond acceptors (Lipinski definition) is 5. The Labute approximate surface area is 185 Å². The van der Waals surface area contributed by atoms with Crippen molar-refractivity contribution in [2.24, 2.45) is 5.73 Å². The maximum absolute atomic E-state index is 13.6. The van der Waals surface area contributed by atoms with Crippen LogP contribution in [0.3, 0.4) is 0 Å². The van der Waals surface area contributed by atoms with Gasteiger partial charge in [-0.2, -0.15) is 0 Å². The van der Waals surface area contributed by atoms with E-state index in [9.17, 15) is 18.0 Å². The molecule has 2 N–H and O–H groups in total. The number of ether oxygens (including phenoxy) is 1. The maximum atomic E-state index is 13.6. The summed E-state index contributed by atoms with van der Waals surface area (Å²) in [4.78, 5) is 22.8. The number of carbonyl (C=O) groups is 2. The molecule has 0 atom stereocenters. The lowest BCUT2D eigenvalue weighted by Gasteiger charge is -2.25. The molecule has 0 aliphatic rings. The van der Waals surface area contributed by atoms with Crippen LogP contribution in [0.1, 0.15) is 15.9 Å². The quantitative estimate of drug-likeness (QED) is 0.521. The van der Waals surface area contributed by atoms with Crippen LogP contribution in [0.5, 0.6) is 0 Å². The first-order valence-electron chi connectivity index (χ1n) is 9.16.